The zero-order valence-corrected chi connectivity index (χ0v) is 10.1. The Hall–Kier alpha value is -2.24. The summed E-state index contributed by atoms with van der Waals surface area (Å²) in [7, 11) is 0. The number of aromatic nitrogens is 3. The van der Waals surface area contributed by atoms with E-state index in [-0.39, 0.29) is 5.82 Å². The molecule has 0 radical (unpaired) electrons. The summed E-state index contributed by atoms with van der Waals surface area (Å²) < 4.78 is 15.3. The highest BCUT2D eigenvalue weighted by molar-refractivity contribution is 5.70. The number of hydrogen-bond acceptors (Lipinski definition) is 3. The highest BCUT2D eigenvalue weighted by Crippen LogP contribution is 2.24. The van der Waals surface area contributed by atoms with E-state index in [1.165, 1.54) is 6.07 Å². The summed E-state index contributed by atoms with van der Waals surface area (Å²) in [5.74, 6) is -0.692. The Bertz CT molecular complexity index is 639. The van der Waals surface area contributed by atoms with Crippen LogP contribution in [0.3, 0.4) is 0 Å². The molecule has 1 aliphatic rings. The summed E-state index contributed by atoms with van der Waals surface area (Å²) >= 11 is 0. The van der Waals surface area contributed by atoms with E-state index >= 15 is 0 Å². The molecule has 19 heavy (non-hydrogen) atoms. The first-order chi connectivity index (χ1) is 9.15. The standard InChI is InChI=1S/C13H12FN3O2/c14-10-4-2-1-3-9(10)12-15-11-7-8(13(18)19)5-6-17(11)16-12/h1-4,8H,5-7H2,(H,18,19). The first kappa shape index (κ1) is 11.8. The number of carboxylic acids is 1. The van der Waals surface area contributed by atoms with E-state index in [9.17, 15) is 9.18 Å². The second-order valence-corrected chi connectivity index (χ2v) is 4.58. The van der Waals surface area contributed by atoms with Gasteiger partial charge in [0.2, 0.25) is 0 Å². The number of carbonyl (C=O) groups is 1. The Morgan fingerprint density at radius 1 is 1.42 bits per heavy atom. The Kier molecular flexibility index (Phi) is 2.77. The predicted molar refractivity (Wildman–Crippen MR) is 64.9 cm³/mol. The number of fused-ring (bicyclic) bond motifs is 1. The van der Waals surface area contributed by atoms with Gasteiger partial charge in [-0.1, -0.05) is 12.1 Å². The topological polar surface area (TPSA) is 68.0 Å². The highest BCUT2D eigenvalue weighted by Gasteiger charge is 2.27. The van der Waals surface area contributed by atoms with Crippen molar-refractivity contribution in [2.24, 2.45) is 5.92 Å². The minimum Gasteiger partial charge on any atom is -0.481 e. The van der Waals surface area contributed by atoms with Crippen LogP contribution in [-0.4, -0.2) is 25.8 Å². The monoisotopic (exact) mass is 261 g/mol. The van der Waals surface area contributed by atoms with Gasteiger partial charge in [0.25, 0.3) is 0 Å². The Morgan fingerprint density at radius 3 is 2.95 bits per heavy atom. The molecule has 0 bridgehead atoms. The molecule has 1 aromatic heterocycles. The SMILES string of the molecule is O=C(O)C1CCn2nc(-c3ccccc3F)nc2C1. The van der Waals surface area contributed by atoms with E-state index in [2.05, 4.69) is 10.1 Å². The number of aliphatic carboxylic acids is 1. The van der Waals surface area contributed by atoms with Crippen LogP contribution in [-0.2, 0) is 17.8 Å². The second-order valence-electron chi connectivity index (χ2n) is 4.58. The van der Waals surface area contributed by atoms with E-state index < -0.39 is 11.9 Å². The molecule has 0 aliphatic carbocycles. The van der Waals surface area contributed by atoms with Crippen LogP contribution in [0.25, 0.3) is 11.4 Å². The van der Waals surface area contributed by atoms with Crippen LogP contribution in [0.4, 0.5) is 4.39 Å². The first-order valence-electron chi connectivity index (χ1n) is 6.06. The van der Waals surface area contributed by atoms with Crippen molar-refractivity contribution >= 4 is 5.97 Å². The van der Waals surface area contributed by atoms with E-state index in [1.807, 2.05) is 0 Å². The van der Waals surface area contributed by atoms with Crippen molar-refractivity contribution in [3.05, 3.63) is 35.9 Å². The van der Waals surface area contributed by atoms with Crippen molar-refractivity contribution in [3.8, 4) is 11.4 Å². The molecule has 1 unspecified atom stereocenters. The van der Waals surface area contributed by atoms with Crippen LogP contribution >= 0.6 is 0 Å². The fraction of sp³-hybridized carbons (Fsp3) is 0.308. The van der Waals surface area contributed by atoms with Crippen LogP contribution in [0, 0.1) is 11.7 Å². The summed E-state index contributed by atoms with van der Waals surface area (Å²) in [4.78, 5) is 15.2. The molecule has 0 fully saturated rings. The third-order valence-electron chi connectivity index (χ3n) is 3.33. The van der Waals surface area contributed by atoms with Crippen molar-refractivity contribution < 1.29 is 14.3 Å². The van der Waals surface area contributed by atoms with Gasteiger partial charge in [-0.25, -0.2) is 14.1 Å². The lowest BCUT2D eigenvalue weighted by atomic mass is 9.98. The third-order valence-corrected chi connectivity index (χ3v) is 3.33. The number of hydrogen-bond donors (Lipinski definition) is 1. The summed E-state index contributed by atoms with van der Waals surface area (Å²) in [5.41, 5.74) is 0.344. The second kappa shape index (κ2) is 4.46. The summed E-state index contributed by atoms with van der Waals surface area (Å²) in [6, 6.07) is 6.30. The molecule has 3 rings (SSSR count). The zero-order chi connectivity index (χ0) is 13.4. The molecule has 2 heterocycles. The maximum absolute atomic E-state index is 13.7. The van der Waals surface area contributed by atoms with Crippen LogP contribution in [0.1, 0.15) is 12.2 Å². The van der Waals surface area contributed by atoms with Gasteiger partial charge in [-0.15, -0.1) is 0 Å². The van der Waals surface area contributed by atoms with Gasteiger partial charge in [-0.05, 0) is 18.6 Å². The van der Waals surface area contributed by atoms with E-state index in [4.69, 9.17) is 5.11 Å². The molecule has 1 aliphatic heterocycles. The minimum atomic E-state index is -0.818. The predicted octanol–water partition coefficient (Wildman–Crippen LogP) is 1.73. The number of nitrogens with zero attached hydrogens (tertiary/aromatic N) is 3. The molecule has 0 spiro atoms. The number of rotatable bonds is 2. The molecule has 1 aromatic carbocycles. The molecule has 0 saturated heterocycles. The molecule has 1 atom stereocenters. The number of aryl methyl sites for hydroxylation is 1. The normalized spacial score (nSPS) is 18.1. The summed E-state index contributed by atoms with van der Waals surface area (Å²) in [5, 5.41) is 13.3. The Labute approximate surface area is 108 Å². The molecule has 98 valence electrons. The number of benzene rings is 1. The average molecular weight is 261 g/mol. The smallest absolute Gasteiger partial charge is 0.307 e. The number of carboxylic acid groups (broad SMARTS) is 1. The zero-order valence-electron chi connectivity index (χ0n) is 10.1. The van der Waals surface area contributed by atoms with Crippen LogP contribution in [0.2, 0.25) is 0 Å². The molecule has 0 saturated carbocycles. The van der Waals surface area contributed by atoms with E-state index in [0.717, 1.165) is 0 Å². The Balaban J connectivity index is 1.96. The largest absolute Gasteiger partial charge is 0.481 e. The number of halogens is 1. The molecule has 0 amide bonds. The van der Waals surface area contributed by atoms with Crippen molar-refractivity contribution in [2.45, 2.75) is 19.4 Å². The summed E-state index contributed by atoms with van der Waals surface area (Å²) in [6.45, 7) is 0.508. The fourth-order valence-corrected chi connectivity index (χ4v) is 2.27. The Morgan fingerprint density at radius 2 is 2.21 bits per heavy atom. The van der Waals surface area contributed by atoms with Gasteiger partial charge in [0.1, 0.15) is 11.6 Å². The third kappa shape index (κ3) is 2.09. The van der Waals surface area contributed by atoms with Gasteiger partial charge in [0, 0.05) is 13.0 Å². The lowest BCUT2D eigenvalue weighted by Gasteiger charge is -2.17. The van der Waals surface area contributed by atoms with Gasteiger partial charge in [0.15, 0.2) is 5.82 Å². The van der Waals surface area contributed by atoms with Crippen LogP contribution < -0.4 is 0 Å². The molecular formula is C13H12FN3O2. The summed E-state index contributed by atoms with van der Waals surface area (Å²) in [6.07, 6.45) is 0.874. The van der Waals surface area contributed by atoms with Gasteiger partial charge >= 0.3 is 5.97 Å². The van der Waals surface area contributed by atoms with Crippen molar-refractivity contribution in [1.29, 1.82) is 0 Å². The molecule has 1 N–H and O–H groups in total. The molecule has 2 aromatic rings. The van der Waals surface area contributed by atoms with Crippen molar-refractivity contribution in [3.63, 3.8) is 0 Å². The maximum Gasteiger partial charge on any atom is 0.307 e. The lowest BCUT2D eigenvalue weighted by molar-refractivity contribution is -0.142. The minimum absolute atomic E-state index is 0.319. The van der Waals surface area contributed by atoms with Crippen LogP contribution in [0.15, 0.2) is 24.3 Å². The maximum atomic E-state index is 13.7. The van der Waals surface area contributed by atoms with E-state index in [1.54, 1.807) is 22.9 Å². The van der Waals surface area contributed by atoms with Crippen molar-refractivity contribution in [2.75, 3.05) is 0 Å². The first-order valence-corrected chi connectivity index (χ1v) is 6.06. The molecule has 5 nitrogen and oxygen atoms in total. The van der Waals surface area contributed by atoms with Gasteiger partial charge in [0.05, 0.1) is 11.5 Å². The lowest BCUT2D eigenvalue weighted by Crippen LogP contribution is -2.26. The van der Waals surface area contributed by atoms with Crippen molar-refractivity contribution in [1.82, 2.24) is 14.8 Å². The average Bonchev–Trinajstić information content (AvgIpc) is 2.81. The van der Waals surface area contributed by atoms with E-state index in [0.29, 0.717) is 36.6 Å². The molecular weight excluding hydrogens is 249 g/mol. The molecule has 6 heteroatoms. The fourth-order valence-electron chi connectivity index (χ4n) is 2.27. The van der Waals surface area contributed by atoms with Gasteiger partial charge < -0.3 is 5.11 Å². The van der Waals surface area contributed by atoms with Gasteiger partial charge in [-0.2, -0.15) is 5.10 Å². The van der Waals surface area contributed by atoms with Crippen LogP contribution in [0.5, 0.6) is 0 Å². The quantitative estimate of drug-likeness (QED) is 0.894. The highest BCUT2D eigenvalue weighted by atomic mass is 19.1. The van der Waals surface area contributed by atoms with Gasteiger partial charge in [-0.3, -0.25) is 4.79 Å².